The quantitative estimate of drug-likeness (QED) is 0.391. The number of alkyl halides is 2. The zero-order chi connectivity index (χ0) is 5.86. The summed E-state index contributed by atoms with van der Waals surface area (Å²) in [5.74, 6) is 4.64. The van der Waals surface area contributed by atoms with E-state index in [0.29, 0.717) is 0 Å². The monoisotopic (exact) mass is 110 g/mol. The zero-order valence-electron chi connectivity index (χ0n) is 3.99. The lowest BCUT2D eigenvalue weighted by Gasteiger charge is -2.05. The number of hydrogen-bond donors (Lipinski definition) is 2. The Bertz CT molecular complexity index is 48.2. The molecule has 2 nitrogen and oxygen atoms in total. The molecule has 0 radical (unpaired) electrons. The van der Waals surface area contributed by atoms with Crippen LogP contribution in [0.5, 0.6) is 0 Å². The van der Waals surface area contributed by atoms with Crippen LogP contribution in [0.1, 0.15) is 6.92 Å². The molecule has 0 saturated heterocycles. The predicted molar refractivity (Wildman–Crippen MR) is 22.8 cm³/mol. The summed E-state index contributed by atoms with van der Waals surface area (Å²) in [6.45, 7) is 1.31. The van der Waals surface area contributed by atoms with Crippen LogP contribution in [-0.4, -0.2) is 12.5 Å². The van der Waals surface area contributed by atoms with Crippen LogP contribution in [0.15, 0.2) is 0 Å². The van der Waals surface area contributed by atoms with Crippen molar-refractivity contribution < 1.29 is 8.78 Å². The van der Waals surface area contributed by atoms with Crippen LogP contribution in [0.4, 0.5) is 8.78 Å². The summed E-state index contributed by atoms with van der Waals surface area (Å²) in [4.78, 5) is 0. The van der Waals surface area contributed by atoms with Crippen LogP contribution >= 0.6 is 0 Å². The molecule has 0 spiro atoms. The van der Waals surface area contributed by atoms with E-state index in [1.807, 2.05) is 5.43 Å². The van der Waals surface area contributed by atoms with Crippen molar-refractivity contribution in [3.8, 4) is 0 Å². The molecule has 1 atom stereocenters. The van der Waals surface area contributed by atoms with Gasteiger partial charge in [0.25, 0.3) is 6.43 Å². The molecular weight excluding hydrogens is 102 g/mol. The van der Waals surface area contributed by atoms with E-state index in [2.05, 4.69) is 5.84 Å². The lowest BCUT2D eigenvalue weighted by molar-refractivity contribution is 0.106. The molecule has 0 unspecified atom stereocenters. The van der Waals surface area contributed by atoms with Gasteiger partial charge < -0.3 is 0 Å². The van der Waals surface area contributed by atoms with Gasteiger partial charge in [0.1, 0.15) is 0 Å². The molecule has 0 heterocycles. The second-order valence-electron chi connectivity index (χ2n) is 1.29. The van der Waals surface area contributed by atoms with Gasteiger partial charge in [-0.1, -0.05) is 0 Å². The van der Waals surface area contributed by atoms with E-state index < -0.39 is 12.5 Å². The lowest BCUT2D eigenvalue weighted by atomic mass is 10.4. The second-order valence-corrected chi connectivity index (χ2v) is 1.29. The minimum atomic E-state index is -2.37. The van der Waals surface area contributed by atoms with Crippen molar-refractivity contribution in [2.75, 3.05) is 0 Å². The molecule has 0 aromatic heterocycles. The van der Waals surface area contributed by atoms with Gasteiger partial charge in [-0.2, -0.15) is 0 Å². The van der Waals surface area contributed by atoms with Crippen molar-refractivity contribution in [3.63, 3.8) is 0 Å². The van der Waals surface area contributed by atoms with Crippen LogP contribution in [-0.2, 0) is 0 Å². The van der Waals surface area contributed by atoms with Crippen molar-refractivity contribution in [1.82, 2.24) is 5.43 Å². The average Bonchev–Trinajstić information content (AvgIpc) is 1.65. The van der Waals surface area contributed by atoms with Crippen molar-refractivity contribution in [2.24, 2.45) is 5.84 Å². The van der Waals surface area contributed by atoms with Gasteiger partial charge in [-0.3, -0.25) is 11.3 Å². The van der Waals surface area contributed by atoms with Gasteiger partial charge in [-0.05, 0) is 6.92 Å². The average molecular weight is 110 g/mol. The Morgan fingerprint density at radius 3 is 2.00 bits per heavy atom. The predicted octanol–water partition coefficient (Wildman–Crippen LogP) is 0.103. The molecular formula is C3H8F2N2. The molecule has 0 aliphatic carbocycles. The number of rotatable bonds is 2. The highest BCUT2D eigenvalue weighted by molar-refractivity contribution is 4.55. The first kappa shape index (κ1) is 6.78. The van der Waals surface area contributed by atoms with Crippen LogP contribution in [0.25, 0.3) is 0 Å². The summed E-state index contributed by atoms with van der Waals surface area (Å²) >= 11 is 0. The van der Waals surface area contributed by atoms with Gasteiger partial charge in [-0.15, -0.1) is 0 Å². The smallest absolute Gasteiger partial charge is 0.254 e. The fourth-order valence-electron chi connectivity index (χ4n) is 0.0727. The Morgan fingerprint density at radius 1 is 1.57 bits per heavy atom. The van der Waals surface area contributed by atoms with Crippen molar-refractivity contribution >= 4 is 0 Å². The number of hydrazine groups is 1. The van der Waals surface area contributed by atoms with E-state index in [9.17, 15) is 8.78 Å². The first-order valence-corrected chi connectivity index (χ1v) is 1.92. The van der Waals surface area contributed by atoms with Gasteiger partial charge in [0.2, 0.25) is 0 Å². The van der Waals surface area contributed by atoms with Gasteiger partial charge in [0, 0.05) is 0 Å². The highest BCUT2D eigenvalue weighted by Gasteiger charge is 2.10. The topological polar surface area (TPSA) is 38.0 Å². The van der Waals surface area contributed by atoms with E-state index in [1.165, 1.54) is 6.92 Å². The molecule has 44 valence electrons. The van der Waals surface area contributed by atoms with Crippen molar-refractivity contribution in [1.29, 1.82) is 0 Å². The number of nitrogens with two attached hydrogens (primary N) is 1. The van der Waals surface area contributed by atoms with E-state index in [-0.39, 0.29) is 0 Å². The summed E-state index contributed by atoms with van der Waals surface area (Å²) < 4.78 is 22.6. The molecule has 0 aromatic rings. The summed E-state index contributed by atoms with van der Waals surface area (Å²) in [5, 5.41) is 0. The molecule has 0 rings (SSSR count). The first-order valence-electron chi connectivity index (χ1n) is 1.92. The highest BCUT2D eigenvalue weighted by atomic mass is 19.3. The minimum Gasteiger partial charge on any atom is -0.271 e. The maximum atomic E-state index is 11.3. The molecule has 0 aliphatic heterocycles. The number of nitrogens with one attached hydrogen (secondary N) is 1. The van der Waals surface area contributed by atoms with Crippen LogP contribution in [0, 0.1) is 0 Å². The third kappa shape index (κ3) is 2.47. The normalized spacial score (nSPS) is 15.0. The lowest BCUT2D eigenvalue weighted by Crippen LogP contribution is -2.37. The molecule has 0 bridgehead atoms. The molecule has 7 heavy (non-hydrogen) atoms. The minimum absolute atomic E-state index is 0.903. The van der Waals surface area contributed by atoms with Gasteiger partial charge in [0.15, 0.2) is 0 Å². The summed E-state index contributed by atoms with van der Waals surface area (Å²) in [6.07, 6.45) is -2.37. The molecule has 3 N–H and O–H groups in total. The third-order valence-corrected chi connectivity index (χ3v) is 0.641. The Kier molecular flexibility index (Phi) is 2.78. The Hall–Kier alpha value is -0.220. The van der Waals surface area contributed by atoms with Crippen molar-refractivity contribution in [2.45, 2.75) is 19.4 Å². The van der Waals surface area contributed by atoms with Gasteiger partial charge in [0.05, 0.1) is 6.04 Å². The first-order chi connectivity index (χ1) is 3.18. The van der Waals surface area contributed by atoms with Gasteiger partial charge >= 0.3 is 0 Å². The molecule has 0 fully saturated rings. The van der Waals surface area contributed by atoms with Crippen LogP contribution in [0.2, 0.25) is 0 Å². The second kappa shape index (κ2) is 2.87. The molecule has 0 aliphatic rings. The Labute approximate surface area is 40.7 Å². The van der Waals surface area contributed by atoms with Gasteiger partial charge in [-0.25, -0.2) is 8.78 Å². The van der Waals surface area contributed by atoms with E-state index in [4.69, 9.17) is 0 Å². The fourth-order valence-corrected chi connectivity index (χ4v) is 0.0727. The zero-order valence-corrected chi connectivity index (χ0v) is 3.99. The van der Waals surface area contributed by atoms with E-state index in [0.717, 1.165) is 0 Å². The molecule has 0 amide bonds. The molecule has 0 aromatic carbocycles. The third-order valence-electron chi connectivity index (χ3n) is 0.641. The van der Waals surface area contributed by atoms with E-state index in [1.54, 1.807) is 0 Å². The van der Waals surface area contributed by atoms with E-state index >= 15 is 0 Å². The molecule has 0 saturated carbocycles. The summed E-state index contributed by atoms with van der Waals surface area (Å²) in [6, 6.07) is -0.903. The number of hydrogen-bond acceptors (Lipinski definition) is 2. The fraction of sp³-hybridized carbons (Fsp3) is 1.00. The maximum Gasteiger partial charge on any atom is 0.254 e. The summed E-state index contributed by atoms with van der Waals surface area (Å²) in [5.41, 5.74) is 1.91. The van der Waals surface area contributed by atoms with Crippen molar-refractivity contribution in [3.05, 3.63) is 0 Å². The SMILES string of the molecule is C[C@H](NN)C(F)F. The Balaban J connectivity index is 3.14. The highest BCUT2D eigenvalue weighted by Crippen LogP contribution is 1.95. The summed E-state index contributed by atoms with van der Waals surface area (Å²) in [7, 11) is 0. The standard InChI is InChI=1S/C3H8F2N2/c1-2(7-6)3(4)5/h2-3,7H,6H2,1H3/t2-/m0/s1. The van der Waals surface area contributed by atoms with Crippen LogP contribution in [0.3, 0.4) is 0 Å². The Morgan fingerprint density at radius 2 is 2.00 bits per heavy atom. The largest absolute Gasteiger partial charge is 0.271 e. The number of halogens is 2. The molecule has 4 heteroatoms. The van der Waals surface area contributed by atoms with Crippen LogP contribution < -0.4 is 11.3 Å². The maximum absolute atomic E-state index is 11.3.